The summed E-state index contributed by atoms with van der Waals surface area (Å²) < 4.78 is 36.9. The molecule has 12 nitrogen and oxygen atoms in total. The number of hydrogen-bond donors (Lipinski definition) is 2. The highest BCUT2D eigenvalue weighted by molar-refractivity contribution is 7.52. The molecule has 2 heterocycles. The fourth-order valence-corrected chi connectivity index (χ4v) is 5.57. The van der Waals surface area contributed by atoms with Gasteiger partial charge in [-0.05, 0) is 25.5 Å². The fraction of sp³-hybridized carbons (Fsp3) is 0.364. The number of para-hydroxylation sites is 1. The lowest BCUT2D eigenvalue weighted by Crippen LogP contribution is -2.34. The Bertz CT molecular complexity index is 1330. The average molecular weight is 537 g/mol. The Morgan fingerprint density at radius 1 is 1.31 bits per heavy atom. The number of ether oxygens (including phenoxy) is 2. The number of fused-ring (bicyclic) bond motifs is 1. The topological polar surface area (TPSA) is 153 Å². The van der Waals surface area contributed by atoms with Crippen molar-refractivity contribution in [3.8, 4) is 11.6 Å². The van der Waals surface area contributed by atoms with E-state index in [-0.39, 0.29) is 35.3 Å². The van der Waals surface area contributed by atoms with Gasteiger partial charge in [0.25, 0.3) is 0 Å². The summed E-state index contributed by atoms with van der Waals surface area (Å²) in [5.74, 6) is -0.214. The molecule has 3 aromatic rings. The fourth-order valence-electron chi connectivity index (χ4n) is 3.77. The van der Waals surface area contributed by atoms with Gasteiger partial charge in [0.05, 0.1) is 38.2 Å². The molecule has 4 atom stereocenters. The van der Waals surface area contributed by atoms with E-state index >= 15 is 0 Å². The Hall–Kier alpha value is -3.18. The van der Waals surface area contributed by atoms with Crippen molar-refractivity contribution in [1.29, 1.82) is 0 Å². The van der Waals surface area contributed by atoms with Crippen molar-refractivity contribution in [2.45, 2.75) is 25.4 Å². The number of allylic oxidation sites excluding steroid dienone is 1. The minimum atomic E-state index is -4.02. The summed E-state index contributed by atoms with van der Waals surface area (Å²) in [6.45, 7) is 1.54. The van der Waals surface area contributed by atoms with Crippen LogP contribution in [0.3, 0.4) is 0 Å². The highest BCUT2D eigenvalue weighted by atomic mass is 35.5. The van der Waals surface area contributed by atoms with Crippen molar-refractivity contribution in [2.24, 2.45) is 5.92 Å². The molecule has 0 saturated carbocycles. The molecule has 0 spiro atoms. The molecule has 1 aliphatic carbocycles. The van der Waals surface area contributed by atoms with Crippen LogP contribution in [0, 0.1) is 5.92 Å². The maximum absolute atomic E-state index is 13.6. The number of nitrogens with two attached hydrogens (primary N) is 1. The normalized spacial score (nSPS) is 19.7. The van der Waals surface area contributed by atoms with Crippen LogP contribution in [0.4, 0.5) is 5.95 Å². The second-order valence-electron chi connectivity index (χ2n) is 8.05. The summed E-state index contributed by atoms with van der Waals surface area (Å²) in [5.41, 5.74) is 6.86. The number of anilines is 1. The van der Waals surface area contributed by atoms with Gasteiger partial charge in [0.15, 0.2) is 11.2 Å². The van der Waals surface area contributed by atoms with Crippen LogP contribution in [0.15, 0.2) is 42.7 Å². The van der Waals surface area contributed by atoms with Gasteiger partial charge in [-0.2, -0.15) is 15.1 Å². The third-order valence-corrected chi connectivity index (χ3v) is 7.47. The number of carbonyl (C=O) groups is 1. The molecular formula is C22H26ClN6O6P. The number of rotatable bonds is 10. The first-order valence-corrected chi connectivity index (χ1v) is 12.9. The van der Waals surface area contributed by atoms with Crippen molar-refractivity contribution >= 4 is 42.4 Å². The lowest BCUT2D eigenvalue weighted by Gasteiger charge is -2.24. The predicted molar refractivity (Wildman–Crippen MR) is 133 cm³/mol. The number of nitrogens with one attached hydrogen (secondary N) is 1. The third-order valence-electron chi connectivity index (χ3n) is 5.53. The number of esters is 1. The molecule has 2 aromatic heterocycles. The van der Waals surface area contributed by atoms with Crippen LogP contribution in [0.25, 0.3) is 11.2 Å². The van der Waals surface area contributed by atoms with Gasteiger partial charge in [-0.25, -0.2) is 9.55 Å². The van der Waals surface area contributed by atoms with E-state index in [1.807, 2.05) is 16.7 Å². The Morgan fingerprint density at radius 2 is 2.08 bits per heavy atom. The van der Waals surface area contributed by atoms with Crippen molar-refractivity contribution in [3.63, 3.8) is 0 Å². The van der Waals surface area contributed by atoms with E-state index in [1.165, 1.54) is 21.1 Å². The Labute approximate surface area is 212 Å². The molecular weight excluding hydrogens is 511 g/mol. The van der Waals surface area contributed by atoms with E-state index in [0.717, 1.165) is 0 Å². The van der Waals surface area contributed by atoms with E-state index in [9.17, 15) is 9.36 Å². The van der Waals surface area contributed by atoms with Crippen molar-refractivity contribution in [3.05, 3.63) is 47.8 Å². The quantitative estimate of drug-likeness (QED) is 0.222. The average Bonchev–Trinajstić information content (AvgIpc) is 3.50. The summed E-state index contributed by atoms with van der Waals surface area (Å²) in [6.07, 6.45) is 6.17. The highest BCUT2D eigenvalue weighted by Crippen LogP contribution is 2.48. The van der Waals surface area contributed by atoms with Crippen LogP contribution in [0.5, 0.6) is 11.6 Å². The molecule has 36 heavy (non-hydrogen) atoms. The zero-order valence-electron chi connectivity index (χ0n) is 19.8. The smallest absolute Gasteiger partial charge is 0.459 e. The molecule has 0 saturated heterocycles. The van der Waals surface area contributed by atoms with E-state index in [4.69, 9.17) is 35.9 Å². The van der Waals surface area contributed by atoms with Crippen molar-refractivity contribution < 1.29 is 27.9 Å². The minimum absolute atomic E-state index is 0.0443. The Kier molecular flexibility index (Phi) is 7.79. The second kappa shape index (κ2) is 10.8. The predicted octanol–water partition coefficient (Wildman–Crippen LogP) is 3.54. The van der Waals surface area contributed by atoms with Crippen LogP contribution in [-0.2, 0) is 18.6 Å². The number of nitrogens with zero attached hydrogens (tertiary/aromatic N) is 4. The van der Waals surface area contributed by atoms with Gasteiger partial charge in [0, 0.05) is 5.92 Å². The van der Waals surface area contributed by atoms with Crippen LogP contribution < -0.4 is 20.1 Å². The number of methoxy groups -OCH3 is 2. The first-order chi connectivity index (χ1) is 17.2. The lowest BCUT2D eigenvalue weighted by molar-refractivity contribution is -0.142. The SMILES string of the molecule is COC(=O)[C@H](C)NP(=O)(OC[C@@H]1C=C[C@H](n2cnc3c(OC)nc(N)nc32)C1)Oc1ccccc1Cl. The molecule has 3 N–H and O–H groups in total. The van der Waals surface area contributed by atoms with Crippen LogP contribution in [0.2, 0.25) is 5.02 Å². The first kappa shape index (κ1) is 25.9. The number of benzene rings is 1. The summed E-state index contributed by atoms with van der Waals surface area (Å²) >= 11 is 6.17. The van der Waals surface area contributed by atoms with Gasteiger partial charge in [0.1, 0.15) is 11.8 Å². The molecule has 14 heteroatoms. The Balaban J connectivity index is 1.48. The maximum Gasteiger partial charge on any atom is 0.459 e. The number of aromatic nitrogens is 4. The summed E-state index contributed by atoms with van der Waals surface area (Å²) in [6, 6.07) is 5.49. The zero-order chi connectivity index (χ0) is 25.9. The van der Waals surface area contributed by atoms with Gasteiger partial charge in [-0.3, -0.25) is 9.32 Å². The number of nitrogen functional groups attached to an aromatic ring is 1. The van der Waals surface area contributed by atoms with Crippen molar-refractivity contribution in [2.75, 3.05) is 26.6 Å². The van der Waals surface area contributed by atoms with E-state index < -0.39 is 19.8 Å². The number of imidazole rings is 1. The number of hydrogen-bond acceptors (Lipinski definition) is 10. The number of halogens is 1. The van der Waals surface area contributed by atoms with Gasteiger partial charge >= 0.3 is 13.7 Å². The lowest BCUT2D eigenvalue weighted by atomic mass is 10.1. The molecule has 0 aliphatic heterocycles. The van der Waals surface area contributed by atoms with E-state index in [0.29, 0.717) is 23.5 Å². The van der Waals surface area contributed by atoms with E-state index in [1.54, 1.807) is 30.6 Å². The largest absolute Gasteiger partial charge is 0.479 e. The molecule has 0 fully saturated rings. The van der Waals surface area contributed by atoms with Gasteiger partial charge < -0.3 is 24.3 Å². The molecule has 4 rings (SSSR count). The molecule has 0 radical (unpaired) electrons. The molecule has 0 amide bonds. The highest BCUT2D eigenvalue weighted by Gasteiger charge is 2.34. The molecule has 0 bridgehead atoms. The zero-order valence-corrected chi connectivity index (χ0v) is 21.5. The van der Waals surface area contributed by atoms with E-state index in [2.05, 4.69) is 20.0 Å². The summed E-state index contributed by atoms with van der Waals surface area (Å²) in [4.78, 5) is 24.6. The monoisotopic (exact) mass is 536 g/mol. The van der Waals surface area contributed by atoms with Gasteiger partial charge in [-0.1, -0.05) is 35.9 Å². The molecule has 1 aliphatic rings. The van der Waals surface area contributed by atoms with Crippen molar-refractivity contribution in [1.82, 2.24) is 24.6 Å². The third kappa shape index (κ3) is 5.62. The molecule has 1 unspecified atom stereocenters. The first-order valence-electron chi connectivity index (χ1n) is 11.0. The summed E-state index contributed by atoms with van der Waals surface area (Å²) in [7, 11) is -1.30. The summed E-state index contributed by atoms with van der Waals surface area (Å²) in [5, 5.41) is 2.87. The minimum Gasteiger partial charge on any atom is -0.479 e. The van der Waals surface area contributed by atoms with Crippen LogP contribution >= 0.6 is 19.3 Å². The van der Waals surface area contributed by atoms with Crippen LogP contribution in [-0.4, -0.2) is 52.4 Å². The standard InChI is InChI=1S/C22H26ClN6O6P/c1-13(21(30)33-3)28-36(31,35-17-7-5-4-6-16(17)23)34-11-14-8-9-15(10-14)29-12-25-18-19(29)26-22(24)27-20(18)32-2/h4-9,12-15H,10-11H2,1-3H3,(H,28,31)(H2,24,26,27)/t13-,14+,15-,36?/m0/s1. The maximum atomic E-state index is 13.6. The number of carbonyl (C=O) groups excluding carboxylic acids is 1. The van der Waals surface area contributed by atoms with Crippen LogP contribution in [0.1, 0.15) is 19.4 Å². The van der Waals surface area contributed by atoms with Gasteiger partial charge in [-0.15, -0.1) is 0 Å². The molecule has 1 aromatic carbocycles. The Morgan fingerprint density at radius 3 is 2.81 bits per heavy atom. The molecule has 192 valence electrons. The van der Waals surface area contributed by atoms with Gasteiger partial charge in [0.2, 0.25) is 11.8 Å². The second-order valence-corrected chi connectivity index (χ2v) is 10.2.